The lowest BCUT2D eigenvalue weighted by molar-refractivity contribution is 0.0736. The van der Waals surface area contributed by atoms with Gasteiger partial charge in [0.15, 0.2) is 0 Å². The molecular weight excluding hydrogens is 322 g/mol. The van der Waals surface area contributed by atoms with Crippen molar-refractivity contribution in [2.24, 2.45) is 0 Å². The fourth-order valence-corrected chi connectivity index (χ4v) is 3.85. The normalized spacial score (nSPS) is 17.7. The fraction of sp³-hybridized carbons (Fsp3) is 0.529. The van der Waals surface area contributed by atoms with Gasteiger partial charge in [0.05, 0.1) is 17.4 Å². The van der Waals surface area contributed by atoms with E-state index in [1.54, 1.807) is 0 Å². The molecule has 1 atom stereocenters. The monoisotopic (exact) mass is 345 g/mol. The number of rotatable bonds is 5. The first kappa shape index (κ1) is 17.0. The molecule has 3 heterocycles. The van der Waals surface area contributed by atoms with Crippen molar-refractivity contribution >= 4 is 17.4 Å². The van der Waals surface area contributed by atoms with Gasteiger partial charge in [0.25, 0.3) is 5.91 Å². The standard InChI is InChI=1S/C17H23N5OS/c1-4-13-16(24-20-19-13)17(23)22-9-5-6-15(22)14-8-7-12(10-18-14)11-21(2)3/h7-8,10,15H,4-6,9,11H2,1-3H3/t15-/m1/s1. The van der Waals surface area contributed by atoms with Gasteiger partial charge in [-0.1, -0.05) is 17.5 Å². The van der Waals surface area contributed by atoms with Crippen LogP contribution in [0.2, 0.25) is 0 Å². The van der Waals surface area contributed by atoms with E-state index in [1.807, 2.05) is 32.1 Å². The van der Waals surface area contributed by atoms with Crippen LogP contribution in [0, 0.1) is 0 Å². The van der Waals surface area contributed by atoms with E-state index < -0.39 is 0 Å². The summed E-state index contributed by atoms with van der Waals surface area (Å²) < 4.78 is 3.95. The highest BCUT2D eigenvalue weighted by atomic mass is 32.1. The van der Waals surface area contributed by atoms with E-state index in [-0.39, 0.29) is 11.9 Å². The van der Waals surface area contributed by atoms with Crippen molar-refractivity contribution in [2.75, 3.05) is 20.6 Å². The Morgan fingerprint density at radius 2 is 2.25 bits per heavy atom. The van der Waals surface area contributed by atoms with E-state index in [1.165, 1.54) is 17.1 Å². The summed E-state index contributed by atoms with van der Waals surface area (Å²) in [6.07, 6.45) is 4.61. The van der Waals surface area contributed by atoms with E-state index in [4.69, 9.17) is 0 Å². The van der Waals surface area contributed by atoms with Crippen LogP contribution >= 0.6 is 11.5 Å². The summed E-state index contributed by atoms with van der Waals surface area (Å²) in [4.78, 5) is 22.3. The summed E-state index contributed by atoms with van der Waals surface area (Å²) >= 11 is 1.20. The molecule has 1 saturated heterocycles. The lowest BCUT2D eigenvalue weighted by Crippen LogP contribution is -2.31. The number of aryl methyl sites for hydroxylation is 1. The topological polar surface area (TPSA) is 62.2 Å². The minimum Gasteiger partial charge on any atom is -0.329 e. The van der Waals surface area contributed by atoms with Crippen LogP contribution in [0.1, 0.15) is 52.4 Å². The van der Waals surface area contributed by atoms with E-state index in [9.17, 15) is 4.79 Å². The summed E-state index contributed by atoms with van der Waals surface area (Å²) in [6, 6.07) is 4.22. The summed E-state index contributed by atoms with van der Waals surface area (Å²) in [7, 11) is 4.08. The number of pyridine rings is 1. The van der Waals surface area contributed by atoms with Crippen molar-refractivity contribution in [1.82, 2.24) is 24.4 Å². The van der Waals surface area contributed by atoms with E-state index >= 15 is 0 Å². The molecule has 3 rings (SSSR count). The van der Waals surface area contributed by atoms with E-state index in [2.05, 4.69) is 31.6 Å². The molecule has 0 N–H and O–H groups in total. The van der Waals surface area contributed by atoms with Gasteiger partial charge in [0, 0.05) is 19.3 Å². The lowest BCUT2D eigenvalue weighted by atomic mass is 10.1. The quantitative estimate of drug-likeness (QED) is 0.833. The molecule has 0 radical (unpaired) electrons. The first-order chi connectivity index (χ1) is 11.6. The van der Waals surface area contributed by atoms with Crippen molar-refractivity contribution < 1.29 is 4.79 Å². The third-order valence-electron chi connectivity index (χ3n) is 4.29. The number of hydrogen-bond donors (Lipinski definition) is 0. The van der Waals surface area contributed by atoms with Crippen molar-refractivity contribution in [3.8, 4) is 0 Å². The van der Waals surface area contributed by atoms with Gasteiger partial charge in [0.2, 0.25) is 0 Å². The first-order valence-corrected chi connectivity index (χ1v) is 9.09. The smallest absolute Gasteiger partial charge is 0.268 e. The van der Waals surface area contributed by atoms with E-state index in [0.717, 1.165) is 43.7 Å². The molecule has 0 saturated carbocycles. The number of aromatic nitrogens is 3. The molecule has 0 aliphatic carbocycles. The van der Waals surface area contributed by atoms with Crippen LogP contribution in [-0.2, 0) is 13.0 Å². The Morgan fingerprint density at radius 3 is 2.92 bits per heavy atom. The minimum absolute atomic E-state index is 0.0449. The molecule has 2 aromatic heterocycles. The van der Waals surface area contributed by atoms with Gasteiger partial charge in [-0.3, -0.25) is 9.78 Å². The van der Waals surface area contributed by atoms with Crippen LogP contribution in [-0.4, -0.2) is 50.9 Å². The molecule has 1 aliphatic rings. The summed E-state index contributed by atoms with van der Waals surface area (Å²) in [6.45, 7) is 3.64. The highest BCUT2D eigenvalue weighted by Gasteiger charge is 2.33. The number of carbonyl (C=O) groups is 1. The second-order valence-corrected chi connectivity index (χ2v) is 7.14. The van der Waals surface area contributed by atoms with Crippen molar-refractivity contribution in [3.05, 3.63) is 40.2 Å². The molecule has 0 bridgehead atoms. The zero-order valence-corrected chi connectivity index (χ0v) is 15.2. The van der Waals surface area contributed by atoms with Gasteiger partial charge in [-0.05, 0) is 56.5 Å². The molecular formula is C17H23N5OS. The maximum absolute atomic E-state index is 12.9. The van der Waals surface area contributed by atoms with Gasteiger partial charge in [-0.25, -0.2) is 0 Å². The number of amides is 1. The SMILES string of the molecule is CCc1nnsc1C(=O)N1CCC[C@@H]1c1ccc(CN(C)C)cn1. The second-order valence-electron chi connectivity index (χ2n) is 6.39. The van der Waals surface area contributed by atoms with Crippen LogP contribution in [0.3, 0.4) is 0 Å². The Bertz CT molecular complexity index is 697. The van der Waals surface area contributed by atoms with Gasteiger partial charge >= 0.3 is 0 Å². The number of nitrogens with zero attached hydrogens (tertiary/aromatic N) is 5. The second kappa shape index (κ2) is 7.36. The molecule has 2 aromatic rings. The largest absolute Gasteiger partial charge is 0.329 e. The summed E-state index contributed by atoms with van der Waals surface area (Å²) in [5.41, 5.74) is 2.95. The molecule has 1 aliphatic heterocycles. The Balaban J connectivity index is 1.79. The summed E-state index contributed by atoms with van der Waals surface area (Å²) in [5.74, 6) is 0.0449. The zero-order valence-electron chi connectivity index (χ0n) is 14.4. The number of likely N-dealkylation sites (tertiary alicyclic amines) is 1. The molecule has 1 amide bonds. The predicted octanol–water partition coefficient (Wildman–Crippen LogP) is 2.53. The van der Waals surface area contributed by atoms with Gasteiger partial charge in [0.1, 0.15) is 4.88 Å². The maximum atomic E-state index is 12.9. The summed E-state index contributed by atoms with van der Waals surface area (Å²) in [5, 5.41) is 4.06. The van der Waals surface area contributed by atoms with Crippen LogP contribution in [0.25, 0.3) is 0 Å². The molecule has 0 aromatic carbocycles. The number of hydrogen-bond acceptors (Lipinski definition) is 6. The van der Waals surface area contributed by atoms with Crippen molar-refractivity contribution in [1.29, 1.82) is 0 Å². The minimum atomic E-state index is 0.0449. The highest BCUT2D eigenvalue weighted by molar-refractivity contribution is 7.08. The maximum Gasteiger partial charge on any atom is 0.268 e. The van der Waals surface area contributed by atoms with Gasteiger partial charge < -0.3 is 9.80 Å². The van der Waals surface area contributed by atoms with E-state index in [0.29, 0.717) is 4.88 Å². The van der Waals surface area contributed by atoms with Gasteiger partial charge in [-0.2, -0.15) is 0 Å². The van der Waals surface area contributed by atoms with Crippen molar-refractivity contribution in [3.63, 3.8) is 0 Å². The third-order valence-corrected chi connectivity index (χ3v) is 5.04. The Hall–Kier alpha value is -1.86. The predicted molar refractivity (Wildman–Crippen MR) is 93.9 cm³/mol. The van der Waals surface area contributed by atoms with Crippen LogP contribution in [0.4, 0.5) is 0 Å². The van der Waals surface area contributed by atoms with Crippen LogP contribution in [0.5, 0.6) is 0 Å². The Kier molecular flexibility index (Phi) is 5.20. The Morgan fingerprint density at radius 1 is 1.42 bits per heavy atom. The fourth-order valence-electron chi connectivity index (χ4n) is 3.14. The molecule has 24 heavy (non-hydrogen) atoms. The molecule has 0 unspecified atom stereocenters. The molecule has 0 spiro atoms. The molecule has 7 heteroatoms. The average molecular weight is 345 g/mol. The van der Waals surface area contributed by atoms with Gasteiger partial charge in [-0.15, -0.1) is 5.10 Å². The van der Waals surface area contributed by atoms with Crippen molar-refractivity contribution in [2.45, 2.75) is 38.8 Å². The third kappa shape index (κ3) is 3.47. The van der Waals surface area contributed by atoms with Crippen LogP contribution < -0.4 is 0 Å². The van der Waals surface area contributed by atoms with Crippen LogP contribution in [0.15, 0.2) is 18.3 Å². The number of carbonyl (C=O) groups excluding carboxylic acids is 1. The highest BCUT2D eigenvalue weighted by Crippen LogP contribution is 2.33. The lowest BCUT2D eigenvalue weighted by Gasteiger charge is -2.24. The molecule has 128 valence electrons. The average Bonchev–Trinajstić information content (AvgIpc) is 3.23. The zero-order chi connectivity index (χ0) is 17.1. The Labute approximate surface area is 146 Å². The first-order valence-electron chi connectivity index (χ1n) is 8.32. The molecule has 6 nitrogen and oxygen atoms in total. The molecule has 1 fully saturated rings.